The third kappa shape index (κ3) is 4.16. The fourth-order valence-corrected chi connectivity index (χ4v) is 3.28. The monoisotopic (exact) mass is 414 g/mol. The Morgan fingerprint density at radius 3 is 2.48 bits per heavy atom. The zero-order valence-electron chi connectivity index (χ0n) is 16.5. The van der Waals surface area contributed by atoms with E-state index in [0.717, 1.165) is 11.1 Å². The lowest BCUT2D eigenvalue weighted by Gasteiger charge is -2.12. The van der Waals surface area contributed by atoms with Crippen molar-refractivity contribution in [2.24, 2.45) is 0 Å². The fraction of sp³-hybridized carbons (Fsp3) is 0.0417. The van der Waals surface area contributed by atoms with E-state index in [9.17, 15) is 19.5 Å². The molecule has 2 amide bonds. The molecule has 154 valence electrons. The van der Waals surface area contributed by atoms with Crippen LogP contribution in [0.2, 0.25) is 0 Å². The van der Waals surface area contributed by atoms with Gasteiger partial charge in [0.15, 0.2) is 11.3 Å². The van der Waals surface area contributed by atoms with E-state index in [1.165, 1.54) is 19.1 Å². The molecular weight excluding hydrogens is 396 g/mol. The van der Waals surface area contributed by atoms with Gasteiger partial charge >= 0.3 is 5.63 Å². The molecule has 1 heterocycles. The summed E-state index contributed by atoms with van der Waals surface area (Å²) < 4.78 is 5.12. The van der Waals surface area contributed by atoms with E-state index >= 15 is 0 Å². The smallest absolute Gasteiger partial charge is 0.349 e. The van der Waals surface area contributed by atoms with Gasteiger partial charge in [-0.2, -0.15) is 0 Å². The van der Waals surface area contributed by atoms with Crippen molar-refractivity contribution in [1.82, 2.24) is 0 Å². The lowest BCUT2D eigenvalue weighted by molar-refractivity contribution is -0.114. The highest BCUT2D eigenvalue weighted by Gasteiger charge is 2.16. The van der Waals surface area contributed by atoms with Gasteiger partial charge in [-0.15, -0.1) is 0 Å². The predicted octanol–water partition coefficient (Wildman–Crippen LogP) is 4.38. The Morgan fingerprint density at radius 1 is 0.903 bits per heavy atom. The van der Waals surface area contributed by atoms with Crippen LogP contribution in [0.25, 0.3) is 22.1 Å². The minimum Gasteiger partial charge on any atom is -0.504 e. The van der Waals surface area contributed by atoms with Crippen LogP contribution in [0.1, 0.15) is 17.3 Å². The molecule has 31 heavy (non-hydrogen) atoms. The van der Waals surface area contributed by atoms with Crippen LogP contribution in [0.4, 0.5) is 11.4 Å². The summed E-state index contributed by atoms with van der Waals surface area (Å²) in [5, 5.41) is 15.7. The summed E-state index contributed by atoms with van der Waals surface area (Å²) in [4.78, 5) is 36.5. The summed E-state index contributed by atoms with van der Waals surface area (Å²) >= 11 is 0. The van der Waals surface area contributed by atoms with Crippen LogP contribution < -0.4 is 16.3 Å². The first-order chi connectivity index (χ1) is 14.9. The van der Waals surface area contributed by atoms with Gasteiger partial charge in [0, 0.05) is 29.2 Å². The quantitative estimate of drug-likeness (QED) is 0.430. The van der Waals surface area contributed by atoms with E-state index in [-0.39, 0.29) is 22.8 Å². The van der Waals surface area contributed by atoms with Crippen molar-refractivity contribution < 1.29 is 19.1 Å². The molecule has 7 heteroatoms. The van der Waals surface area contributed by atoms with E-state index < -0.39 is 11.5 Å². The molecule has 0 aliphatic carbocycles. The zero-order valence-corrected chi connectivity index (χ0v) is 16.5. The van der Waals surface area contributed by atoms with Gasteiger partial charge in [0.1, 0.15) is 5.56 Å². The minimum atomic E-state index is -0.848. The van der Waals surface area contributed by atoms with Crippen LogP contribution >= 0.6 is 0 Å². The molecule has 0 fully saturated rings. The number of phenols is 1. The highest BCUT2D eigenvalue weighted by molar-refractivity contribution is 6.06. The van der Waals surface area contributed by atoms with Gasteiger partial charge in [-0.3, -0.25) is 9.59 Å². The number of hydrogen-bond donors (Lipinski definition) is 3. The first-order valence-corrected chi connectivity index (χ1v) is 9.46. The Hall–Kier alpha value is -4.39. The fourth-order valence-electron chi connectivity index (χ4n) is 3.28. The van der Waals surface area contributed by atoms with E-state index in [0.29, 0.717) is 16.8 Å². The molecular formula is C24H18N2O5. The van der Waals surface area contributed by atoms with Crippen LogP contribution in [0.15, 0.2) is 82.0 Å². The maximum absolute atomic E-state index is 12.7. The van der Waals surface area contributed by atoms with Crippen molar-refractivity contribution in [3.8, 4) is 16.9 Å². The second-order valence-electron chi connectivity index (χ2n) is 6.90. The number of hydrogen-bond acceptors (Lipinski definition) is 5. The molecule has 4 rings (SSSR count). The Balaban J connectivity index is 1.65. The van der Waals surface area contributed by atoms with Gasteiger partial charge in [0.2, 0.25) is 5.91 Å². The van der Waals surface area contributed by atoms with Gasteiger partial charge in [0.05, 0.1) is 0 Å². The third-order valence-electron chi connectivity index (χ3n) is 4.65. The summed E-state index contributed by atoms with van der Waals surface area (Å²) in [5.41, 5.74) is 1.68. The van der Waals surface area contributed by atoms with Crippen molar-refractivity contribution in [3.63, 3.8) is 0 Å². The van der Waals surface area contributed by atoms with Crippen molar-refractivity contribution in [2.45, 2.75) is 6.92 Å². The van der Waals surface area contributed by atoms with Gasteiger partial charge < -0.3 is 20.2 Å². The molecule has 0 saturated carbocycles. The van der Waals surface area contributed by atoms with Crippen LogP contribution in [0, 0.1) is 0 Å². The number of amides is 2. The number of phenolic OH excluding ortho intramolecular Hbond substituents is 1. The Kier molecular flexibility index (Phi) is 5.24. The van der Waals surface area contributed by atoms with E-state index in [1.807, 2.05) is 24.3 Å². The van der Waals surface area contributed by atoms with Gasteiger partial charge in [-0.05, 0) is 35.9 Å². The number of aromatic hydroxyl groups is 1. The average Bonchev–Trinajstić information content (AvgIpc) is 2.74. The number of fused-ring (bicyclic) bond motifs is 1. The summed E-state index contributed by atoms with van der Waals surface area (Å²) in [6.07, 6.45) is 0. The second kappa shape index (κ2) is 8.16. The normalized spacial score (nSPS) is 10.6. The van der Waals surface area contributed by atoms with Crippen molar-refractivity contribution in [3.05, 3.63) is 88.8 Å². The van der Waals surface area contributed by atoms with Crippen LogP contribution in [0.5, 0.6) is 5.75 Å². The van der Waals surface area contributed by atoms with Gasteiger partial charge in [-0.1, -0.05) is 42.5 Å². The maximum atomic E-state index is 12.7. The Bertz CT molecular complexity index is 1370. The second-order valence-corrected chi connectivity index (χ2v) is 6.90. The average molecular weight is 414 g/mol. The molecule has 0 saturated heterocycles. The van der Waals surface area contributed by atoms with Gasteiger partial charge in [-0.25, -0.2) is 4.79 Å². The van der Waals surface area contributed by atoms with Crippen molar-refractivity contribution in [1.29, 1.82) is 0 Å². The maximum Gasteiger partial charge on any atom is 0.349 e. The Labute approximate surface area is 177 Å². The molecule has 0 unspecified atom stereocenters. The van der Waals surface area contributed by atoms with E-state index in [1.54, 1.807) is 36.4 Å². The first kappa shape index (κ1) is 19.9. The van der Waals surface area contributed by atoms with Crippen molar-refractivity contribution >= 4 is 34.2 Å². The van der Waals surface area contributed by atoms with Crippen LogP contribution in [0.3, 0.4) is 0 Å². The molecule has 0 aliphatic heterocycles. The lowest BCUT2D eigenvalue weighted by atomic mass is 10.0. The molecule has 3 aromatic carbocycles. The molecule has 3 N–H and O–H groups in total. The van der Waals surface area contributed by atoms with E-state index in [2.05, 4.69) is 10.6 Å². The third-order valence-corrected chi connectivity index (χ3v) is 4.65. The molecule has 0 spiro atoms. The summed E-state index contributed by atoms with van der Waals surface area (Å²) in [7, 11) is 0. The molecule has 0 atom stereocenters. The summed E-state index contributed by atoms with van der Waals surface area (Å²) in [6, 6.07) is 20.4. The number of para-hydroxylation sites is 2. The topological polar surface area (TPSA) is 109 Å². The lowest BCUT2D eigenvalue weighted by Crippen LogP contribution is -2.20. The molecule has 4 aromatic rings. The highest BCUT2D eigenvalue weighted by Crippen LogP contribution is 2.30. The summed E-state index contributed by atoms with van der Waals surface area (Å²) in [6.45, 7) is 1.43. The Morgan fingerprint density at radius 2 is 1.68 bits per heavy atom. The SMILES string of the molecule is CC(=O)Nc1ccccc1-c1cccc(NC(=O)c2cc3cccc(O)c3oc2=O)c1. The van der Waals surface area contributed by atoms with Crippen LogP contribution in [-0.2, 0) is 4.79 Å². The van der Waals surface area contributed by atoms with E-state index in [4.69, 9.17) is 4.42 Å². The molecule has 0 aliphatic rings. The highest BCUT2D eigenvalue weighted by atomic mass is 16.4. The minimum absolute atomic E-state index is 0.0284. The largest absolute Gasteiger partial charge is 0.504 e. The number of carbonyl (C=O) groups excluding carboxylic acids is 2. The molecule has 1 aromatic heterocycles. The zero-order chi connectivity index (χ0) is 22.0. The number of anilines is 2. The number of rotatable bonds is 4. The first-order valence-electron chi connectivity index (χ1n) is 9.46. The summed E-state index contributed by atoms with van der Waals surface area (Å²) in [5.74, 6) is -0.996. The van der Waals surface area contributed by atoms with Crippen molar-refractivity contribution in [2.75, 3.05) is 10.6 Å². The number of carbonyl (C=O) groups is 2. The molecule has 0 bridgehead atoms. The number of nitrogens with one attached hydrogen (secondary N) is 2. The van der Waals surface area contributed by atoms with Crippen LogP contribution in [-0.4, -0.2) is 16.9 Å². The number of benzene rings is 3. The van der Waals surface area contributed by atoms with Gasteiger partial charge in [0.25, 0.3) is 5.91 Å². The predicted molar refractivity (Wildman–Crippen MR) is 118 cm³/mol. The molecule has 7 nitrogen and oxygen atoms in total. The molecule has 0 radical (unpaired) electrons. The standard InChI is InChI=1S/C24H18N2O5/c1-14(27)25-20-10-3-2-9-18(20)15-6-4-8-17(12-15)26-23(29)19-13-16-7-5-11-21(28)22(16)31-24(19)30/h2-13,28H,1H3,(H,25,27)(H,26,29).